The fraction of sp³-hybridized carbons (Fsp3) is 0.391. The summed E-state index contributed by atoms with van der Waals surface area (Å²) in [5.41, 5.74) is 0.426. The Hall–Kier alpha value is -2.25. The largest absolute Gasteiger partial charge is 0.467 e. The highest BCUT2D eigenvalue weighted by Crippen LogP contribution is 2.42. The van der Waals surface area contributed by atoms with Crippen LogP contribution >= 0.6 is 23.2 Å². The molecule has 3 rings (SSSR count). The Labute approximate surface area is 194 Å². The highest BCUT2D eigenvalue weighted by atomic mass is 35.5. The Morgan fingerprint density at radius 3 is 2.41 bits per heavy atom. The van der Waals surface area contributed by atoms with Gasteiger partial charge in [-0.1, -0.05) is 41.4 Å². The zero-order valence-electron chi connectivity index (χ0n) is 17.3. The fourth-order valence-electron chi connectivity index (χ4n) is 4.12. The van der Waals surface area contributed by atoms with Crippen LogP contribution in [0.5, 0.6) is 0 Å². The van der Waals surface area contributed by atoms with Crippen molar-refractivity contribution in [2.45, 2.75) is 43.8 Å². The molecular weight excluding hydrogens is 466 g/mol. The summed E-state index contributed by atoms with van der Waals surface area (Å²) in [5.74, 6) is -3.17. The van der Waals surface area contributed by atoms with E-state index < -0.39 is 35.9 Å². The molecule has 1 saturated carbocycles. The van der Waals surface area contributed by atoms with Gasteiger partial charge in [0.15, 0.2) is 0 Å². The monoisotopic (exact) mass is 487 g/mol. The van der Waals surface area contributed by atoms with Gasteiger partial charge in [0.1, 0.15) is 5.54 Å². The SMILES string of the molecule is COC(=O)C1(NC(=O)Cc2cc(-c3ccc(Cl)cc3)ccc2Cl)CCCC(C(F)(F)F)C1. The summed E-state index contributed by atoms with van der Waals surface area (Å²) in [7, 11) is 1.10. The Kier molecular flexibility index (Phi) is 7.40. The molecule has 2 atom stereocenters. The molecule has 4 nitrogen and oxygen atoms in total. The molecule has 1 fully saturated rings. The second-order valence-corrected chi connectivity index (χ2v) is 8.79. The predicted molar refractivity (Wildman–Crippen MR) is 117 cm³/mol. The van der Waals surface area contributed by atoms with Crippen molar-refractivity contribution < 1.29 is 27.5 Å². The van der Waals surface area contributed by atoms with Gasteiger partial charge in [-0.15, -0.1) is 0 Å². The molecular formula is C23H22Cl2F3NO3. The molecule has 9 heteroatoms. The molecule has 0 spiro atoms. The van der Waals surface area contributed by atoms with Gasteiger partial charge >= 0.3 is 12.1 Å². The number of benzene rings is 2. The van der Waals surface area contributed by atoms with Crippen molar-refractivity contribution in [3.05, 3.63) is 58.1 Å². The summed E-state index contributed by atoms with van der Waals surface area (Å²) >= 11 is 12.2. The molecule has 2 aromatic carbocycles. The minimum Gasteiger partial charge on any atom is -0.467 e. The highest BCUT2D eigenvalue weighted by Gasteiger charge is 2.52. The van der Waals surface area contributed by atoms with E-state index in [1.807, 2.05) is 12.1 Å². The summed E-state index contributed by atoms with van der Waals surface area (Å²) < 4.78 is 44.7. The van der Waals surface area contributed by atoms with Crippen LogP contribution in [0.15, 0.2) is 42.5 Å². The van der Waals surface area contributed by atoms with Gasteiger partial charge in [-0.25, -0.2) is 4.79 Å². The van der Waals surface area contributed by atoms with Crippen LogP contribution in [0.25, 0.3) is 11.1 Å². The van der Waals surface area contributed by atoms with E-state index in [0.717, 1.165) is 18.2 Å². The number of esters is 1. The molecule has 0 saturated heterocycles. The van der Waals surface area contributed by atoms with Crippen LogP contribution in [-0.4, -0.2) is 30.7 Å². The number of halogens is 5. The smallest absolute Gasteiger partial charge is 0.391 e. The third kappa shape index (κ3) is 5.56. The third-order valence-electron chi connectivity index (χ3n) is 5.74. The van der Waals surface area contributed by atoms with Gasteiger partial charge in [0.05, 0.1) is 19.4 Å². The molecule has 1 N–H and O–H groups in total. The highest BCUT2D eigenvalue weighted by molar-refractivity contribution is 6.31. The van der Waals surface area contributed by atoms with Crippen molar-refractivity contribution in [1.82, 2.24) is 5.32 Å². The molecule has 0 radical (unpaired) electrons. The first-order valence-corrected chi connectivity index (χ1v) is 10.8. The quantitative estimate of drug-likeness (QED) is 0.527. The first-order chi connectivity index (χ1) is 15.0. The van der Waals surface area contributed by atoms with Crippen LogP contribution < -0.4 is 5.32 Å². The maximum Gasteiger partial charge on any atom is 0.391 e. The molecule has 0 aliphatic heterocycles. The minimum absolute atomic E-state index is 0.0799. The summed E-state index contributed by atoms with van der Waals surface area (Å²) in [4.78, 5) is 25.3. The summed E-state index contributed by atoms with van der Waals surface area (Å²) in [6.07, 6.45) is -5.07. The number of hydrogen-bond acceptors (Lipinski definition) is 3. The number of methoxy groups -OCH3 is 1. The lowest BCUT2D eigenvalue weighted by Gasteiger charge is -2.39. The summed E-state index contributed by atoms with van der Waals surface area (Å²) in [5, 5.41) is 3.46. The summed E-state index contributed by atoms with van der Waals surface area (Å²) in [6.45, 7) is 0. The Morgan fingerprint density at radius 1 is 1.12 bits per heavy atom. The van der Waals surface area contributed by atoms with Crippen molar-refractivity contribution in [2.75, 3.05) is 7.11 Å². The normalized spacial score (nSPS) is 21.1. The summed E-state index contributed by atoms with van der Waals surface area (Å²) in [6, 6.07) is 12.3. The van der Waals surface area contributed by atoms with Crippen LogP contribution in [0.3, 0.4) is 0 Å². The van der Waals surface area contributed by atoms with E-state index in [1.165, 1.54) is 0 Å². The second-order valence-electron chi connectivity index (χ2n) is 7.95. The van der Waals surface area contributed by atoms with Crippen LogP contribution in [0, 0.1) is 5.92 Å². The van der Waals surface area contributed by atoms with E-state index in [0.29, 0.717) is 15.6 Å². The average molecular weight is 488 g/mol. The molecule has 1 amide bonds. The molecule has 0 aromatic heterocycles. The number of nitrogens with one attached hydrogen (secondary N) is 1. The van der Waals surface area contributed by atoms with Gasteiger partial charge in [-0.05, 0) is 66.6 Å². The van der Waals surface area contributed by atoms with Crippen molar-refractivity contribution >= 4 is 35.1 Å². The van der Waals surface area contributed by atoms with E-state index in [1.54, 1.807) is 30.3 Å². The second kappa shape index (κ2) is 9.71. The van der Waals surface area contributed by atoms with Crippen molar-refractivity contribution in [3.8, 4) is 11.1 Å². The molecule has 172 valence electrons. The van der Waals surface area contributed by atoms with Crippen LogP contribution in [0.1, 0.15) is 31.2 Å². The van der Waals surface area contributed by atoms with E-state index >= 15 is 0 Å². The molecule has 2 aromatic rings. The van der Waals surface area contributed by atoms with E-state index in [4.69, 9.17) is 27.9 Å². The number of rotatable bonds is 5. The Morgan fingerprint density at radius 2 is 1.78 bits per heavy atom. The van der Waals surface area contributed by atoms with Gasteiger partial charge in [-0.3, -0.25) is 4.79 Å². The van der Waals surface area contributed by atoms with E-state index in [9.17, 15) is 22.8 Å². The average Bonchev–Trinajstić information content (AvgIpc) is 2.74. The van der Waals surface area contributed by atoms with Gasteiger partial charge < -0.3 is 10.1 Å². The van der Waals surface area contributed by atoms with Gasteiger partial charge in [0.25, 0.3) is 0 Å². The maximum absolute atomic E-state index is 13.3. The molecule has 2 unspecified atom stereocenters. The van der Waals surface area contributed by atoms with Gasteiger partial charge in [0, 0.05) is 10.0 Å². The Bertz CT molecular complexity index is 995. The molecule has 0 bridgehead atoms. The van der Waals surface area contributed by atoms with Crippen molar-refractivity contribution in [3.63, 3.8) is 0 Å². The van der Waals surface area contributed by atoms with Crippen LogP contribution in [0.4, 0.5) is 13.2 Å². The fourth-order valence-corrected chi connectivity index (χ4v) is 4.43. The zero-order chi connectivity index (χ0) is 23.5. The molecule has 0 heterocycles. The first-order valence-electron chi connectivity index (χ1n) is 10.0. The third-order valence-corrected chi connectivity index (χ3v) is 6.36. The lowest BCUT2D eigenvalue weighted by Crippen LogP contribution is -2.59. The maximum atomic E-state index is 13.3. The predicted octanol–water partition coefficient (Wildman–Crippen LogP) is 5.98. The number of hydrogen-bond donors (Lipinski definition) is 1. The standard InChI is InChI=1S/C23H22Cl2F3NO3/c1-32-21(31)22(10-2-3-17(13-22)23(26,27)28)29-20(30)12-16-11-15(6-9-19(16)25)14-4-7-18(24)8-5-14/h4-9,11,17H,2-3,10,12-13H2,1H3,(H,29,30). The number of alkyl halides is 3. The molecule has 1 aliphatic carbocycles. The number of amides is 1. The Balaban J connectivity index is 1.81. The van der Waals surface area contributed by atoms with Crippen LogP contribution in [0.2, 0.25) is 10.0 Å². The van der Waals surface area contributed by atoms with E-state index in [2.05, 4.69) is 5.32 Å². The molecule has 1 aliphatic rings. The number of carbonyl (C=O) groups excluding carboxylic acids is 2. The lowest BCUT2D eigenvalue weighted by molar-refractivity contribution is -0.192. The minimum atomic E-state index is -4.46. The number of ether oxygens (including phenoxy) is 1. The number of carbonyl (C=O) groups is 2. The van der Waals surface area contributed by atoms with E-state index in [-0.39, 0.29) is 25.7 Å². The van der Waals surface area contributed by atoms with Crippen molar-refractivity contribution in [2.24, 2.45) is 5.92 Å². The van der Waals surface area contributed by atoms with Gasteiger partial charge in [-0.2, -0.15) is 13.2 Å². The van der Waals surface area contributed by atoms with Gasteiger partial charge in [0.2, 0.25) is 5.91 Å². The van der Waals surface area contributed by atoms with Crippen molar-refractivity contribution in [1.29, 1.82) is 0 Å². The topological polar surface area (TPSA) is 55.4 Å². The van der Waals surface area contributed by atoms with Crippen LogP contribution in [-0.2, 0) is 20.7 Å². The molecule has 32 heavy (non-hydrogen) atoms. The zero-order valence-corrected chi connectivity index (χ0v) is 18.8. The first kappa shape index (κ1) is 24.4. The lowest BCUT2D eigenvalue weighted by atomic mass is 9.75.